The first kappa shape index (κ1) is 13.2. The van der Waals surface area contributed by atoms with Gasteiger partial charge in [-0.25, -0.2) is 4.98 Å². The SMILES string of the molecule is Cc1cc(Br)c2nc(-c3ccc(Cl)cc3)c(C#N)n2c1. The van der Waals surface area contributed by atoms with E-state index < -0.39 is 0 Å². The Balaban J connectivity index is 2.34. The van der Waals surface area contributed by atoms with E-state index in [9.17, 15) is 5.26 Å². The first-order valence-corrected chi connectivity index (χ1v) is 7.11. The molecule has 0 N–H and O–H groups in total. The Bertz CT molecular complexity index is 844. The molecular weight excluding hydrogens is 338 g/mol. The fourth-order valence-electron chi connectivity index (χ4n) is 2.15. The molecule has 0 saturated carbocycles. The van der Waals surface area contributed by atoms with Gasteiger partial charge in [0.25, 0.3) is 0 Å². The Morgan fingerprint density at radius 2 is 2.00 bits per heavy atom. The zero-order valence-corrected chi connectivity index (χ0v) is 12.9. The first-order chi connectivity index (χ1) is 9.60. The Morgan fingerprint density at radius 3 is 2.65 bits per heavy atom. The number of hydrogen-bond donors (Lipinski definition) is 0. The highest BCUT2D eigenvalue weighted by atomic mass is 79.9. The van der Waals surface area contributed by atoms with E-state index in [4.69, 9.17) is 11.6 Å². The number of aryl methyl sites for hydroxylation is 1. The predicted molar refractivity (Wildman–Crippen MR) is 82.8 cm³/mol. The van der Waals surface area contributed by atoms with Gasteiger partial charge in [-0.1, -0.05) is 23.7 Å². The lowest BCUT2D eigenvalue weighted by molar-refractivity contribution is 1.12. The van der Waals surface area contributed by atoms with Gasteiger partial charge in [-0.05, 0) is 46.6 Å². The van der Waals surface area contributed by atoms with Gasteiger partial charge in [0.15, 0.2) is 11.3 Å². The minimum absolute atomic E-state index is 0.520. The number of rotatable bonds is 1. The van der Waals surface area contributed by atoms with Crippen LogP contribution in [0.15, 0.2) is 41.0 Å². The summed E-state index contributed by atoms with van der Waals surface area (Å²) < 4.78 is 2.68. The smallest absolute Gasteiger partial charge is 0.152 e. The number of halogens is 2. The van der Waals surface area contributed by atoms with E-state index in [2.05, 4.69) is 27.0 Å². The summed E-state index contributed by atoms with van der Waals surface area (Å²) in [6.07, 6.45) is 1.91. The molecule has 3 aromatic rings. The van der Waals surface area contributed by atoms with E-state index in [0.29, 0.717) is 16.4 Å². The summed E-state index contributed by atoms with van der Waals surface area (Å²) in [7, 11) is 0. The van der Waals surface area contributed by atoms with Gasteiger partial charge in [0, 0.05) is 16.8 Å². The highest BCUT2D eigenvalue weighted by molar-refractivity contribution is 9.10. The maximum Gasteiger partial charge on any atom is 0.152 e. The molecule has 0 fully saturated rings. The zero-order chi connectivity index (χ0) is 14.3. The molecule has 0 aliphatic carbocycles. The number of nitriles is 1. The van der Waals surface area contributed by atoms with E-state index in [1.54, 1.807) is 12.1 Å². The van der Waals surface area contributed by atoms with E-state index in [-0.39, 0.29) is 0 Å². The molecule has 1 aromatic carbocycles. The molecule has 3 nitrogen and oxygen atoms in total. The van der Waals surface area contributed by atoms with E-state index in [1.807, 2.05) is 35.7 Å². The van der Waals surface area contributed by atoms with Crippen LogP contribution in [0.1, 0.15) is 11.3 Å². The van der Waals surface area contributed by atoms with Crippen LogP contribution < -0.4 is 0 Å². The van der Waals surface area contributed by atoms with Gasteiger partial charge in [0.05, 0.1) is 4.47 Å². The van der Waals surface area contributed by atoms with Crippen molar-refractivity contribution < 1.29 is 0 Å². The molecule has 0 unspecified atom stereocenters. The van der Waals surface area contributed by atoms with Crippen molar-refractivity contribution in [2.45, 2.75) is 6.92 Å². The molecule has 0 atom stereocenters. The number of hydrogen-bond acceptors (Lipinski definition) is 2. The van der Waals surface area contributed by atoms with Crippen LogP contribution in [0.2, 0.25) is 5.02 Å². The standard InChI is InChI=1S/C15H9BrClN3/c1-9-6-12(16)15-19-14(13(7-18)20(15)8-9)10-2-4-11(17)5-3-10/h2-6,8H,1H3. The molecule has 0 saturated heterocycles. The molecule has 2 aromatic heterocycles. The van der Waals surface area contributed by atoms with Crippen molar-refractivity contribution in [3.8, 4) is 17.3 Å². The van der Waals surface area contributed by atoms with Crippen molar-refractivity contribution in [1.29, 1.82) is 5.26 Å². The average Bonchev–Trinajstić information content (AvgIpc) is 2.78. The fourth-order valence-corrected chi connectivity index (χ4v) is 2.91. The summed E-state index contributed by atoms with van der Waals surface area (Å²) in [5.74, 6) is 0. The van der Waals surface area contributed by atoms with Crippen LogP contribution in [-0.4, -0.2) is 9.38 Å². The third-order valence-corrected chi connectivity index (χ3v) is 3.87. The average molecular weight is 347 g/mol. The Hall–Kier alpha value is -1.83. The van der Waals surface area contributed by atoms with Gasteiger partial charge < -0.3 is 0 Å². The Labute approximate surface area is 129 Å². The normalized spacial score (nSPS) is 10.7. The lowest BCUT2D eigenvalue weighted by Gasteiger charge is -2.00. The van der Waals surface area contributed by atoms with Crippen LogP contribution in [0.25, 0.3) is 16.9 Å². The molecule has 0 radical (unpaired) electrons. The molecule has 0 spiro atoms. The van der Waals surface area contributed by atoms with Crippen LogP contribution in [0, 0.1) is 18.3 Å². The third-order valence-electron chi connectivity index (χ3n) is 3.04. The molecule has 3 rings (SSSR count). The number of fused-ring (bicyclic) bond motifs is 1. The summed E-state index contributed by atoms with van der Waals surface area (Å²) in [6, 6.07) is 11.5. The maximum absolute atomic E-state index is 9.45. The fraction of sp³-hybridized carbons (Fsp3) is 0.0667. The Morgan fingerprint density at radius 1 is 1.30 bits per heavy atom. The third kappa shape index (κ3) is 2.09. The number of benzene rings is 1. The van der Waals surface area contributed by atoms with Gasteiger partial charge in [0.1, 0.15) is 11.8 Å². The quantitative estimate of drug-likeness (QED) is 0.646. The number of nitrogens with zero attached hydrogens (tertiary/aromatic N) is 3. The van der Waals surface area contributed by atoms with Crippen molar-refractivity contribution in [2.24, 2.45) is 0 Å². The summed E-state index contributed by atoms with van der Waals surface area (Å²) in [6.45, 7) is 1.98. The molecule has 0 bridgehead atoms. The maximum atomic E-state index is 9.45. The second-order valence-electron chi connectivity index (χ2n) is 4.49. The van der Waals surface area contributed by atoms with Crippen LogP contribution in [0.4, 0.5) is 0 Å². The van der Waals surface area contributed by atoms with E-state index in [0.717, 1.165) is 21.2 Å². The van der Waals surface area contributed by atoms with Gasteiger partial charge in [0.2, 0.25) is 0 Å². The van der Waals surface area contributed by atoms with Crippen LogP contribution in [0.3, 0.4) is 0 Å². The highest BCUT2D eigenvalue weighted by Crippen LogP contribution is 2.28. The summed E-state index contributed by atoms with van der Waals surface area (Å²) >= 11 is 9.39. The molecule has 0 aliphatic heterocycles. The number of pyridine rings is 1. The van der Waals surface area contributed by atoms with Gasteiger partial charge >= 0.3 is 0 Å². The molecule has 20 heavy (non-hydrogen) atoms. The van der Waals surface area contributed by atoms with Gasteiger partial charge in [-0.3, -0.25) is 4.40 Å². The topological polar surface area (TPSA) is 41.1 Å². The number of aromatic nitrogens is 2. The van der Waals surface area contributed by atoms with Crippen LogP contribution >= 0.6 is 27.5 Å². The minimum atomic E-state index is 0.520. The summed E-state index contributed by atoms with van der Waals surface area (Å²) in [4.78, 5) is 4.57. The first-order valence-electron chi connectivity index (χ1n) is 5.94. The van der Waals surface area contributed by atoms with E-state index in [1.165, 1.54) is 0 Å². The highest BCUT2D eigenvalue weighted by Gasteiger charge is 2.15. The molecule has 0 amide bonds. The molecule has 5 heteroatoms. The monoisotopic (exact) mass is 345 g/mol. The number of imidazole rings is 1. The van der Waals surface area contributed by atoms with Crippen molar-refractivity contribution in [2.75, 3.05) is 0 Å². The predicted octanol–water partition coefficient (Wildman–Crippen LogP) is 4.60. The van der Waals surface area contributed by atoms with Crippen molar-refractivity contribution in [3.63, 3.8) is 0 Å². The molecule has 0 aliphatic rings. The lowest BCUT2D eigenvalue weighted by atomic mass is 10.1. The van der Waals surface area contributed by atoms with Gasteiger partial charge in [-0.2, -0.15) is 5.26 Å². The van der Waals surface area contributed by atoms with Crippen molar-refractivity contribution >= 4 is 33.2 Å². The van der Waals surface area contributed by atoms with Gasteiger partial charge in [-0.15, -0.1) is 0 Å². The van der Waals surface area contributed by atoms with Crippen molar-refractivity contribution in [3.05, 3.63) is 57.3 Å². The second kappa shape index (κ2) is 4.93. The van der Waals surface area contributed by atoms with E-state index >= 15 is 0 Å². The van der Waals surface area contributed by atoms with Crippen LogP contribution in [0.5, 0.6) is 0 Å². The molecule has 98 valence electrons. The lowest BCUT2D eigenvalue weighted by Crippen LogP contribution is -1.91. The zero-order valence-electron chi connectivity index (χ0n) is 10.6. The second-order valence-corrected chi connectivity index (χ2v) is 5.78. The Kier molecular flexibility index (Phi) is 3.25. The van der Waals surface area contributed by atoms with Crippen LogP contribution in [-0.2, 0) is 0 Å². The van der Waals surface area contributed by atoms with Crippen molar-refractivity contribution in [1.82, 2.24) is 9.38 Å². The summed E-state index contributed by atoms with van der Waals surface area (Å²) in [5.41, 5.74) is 3.85. The largest absolute Gasteiger partial charge is 0.290 e. The molecule has 2 heterocycles. The molecular formula is C15H9BrClN3. The minimum Gasteiger partial charge on any atom is -0.290 e. The summed E-state index contributed by atoms with van der Waals surface area (Å²) in [5, 5.41) is 10.1.